The van der Waals surface area contributed by atoms with Crippen LogP contribution in [0.5, 0.6) is 5.75 Å². The van der Waals surface area contributed by atoms with Crippen LogP contribution in [-0.2, 0) is 15.3 Å². The molecule has 0 heterocycles. The Morgan fingerprint density at radius 3 is 2.30 bits per heavy atom. The molecule has 2 aromatic rings. The van der Waals surface area contributed by atoms with Crippen LogP contribution in [0.2, 0.25) is 5.02 Å². The predicted octanol–water partition coefficient (Wildman–Crippen LogP) is 4.21. The van der Waals surface area contributed by atoms with Crippen LogP contribution in [0, 0.1) is 5.82 Å². The molecule has 2 rings (SSSR count). The maximum atomic E-state index is 13.3. The molecule has 6 nitrogen and oxygen atoms in total. The largest absolute Gasteiger partial charge is 0.497 e. The lowest BCUT2D eigenvalue weighted by molar-refractivity contribution is -0.140. The zero-order chi connectivity index (χ0) is 20.0. The maximum Gasteiger partial charge on any atom is 0.345 e. The molecule has 0 unspecified atom stereocenters. The van der Waals surface area contributed by atoms with E-state index in [1.165, 1.54) is 19.2 Å². The minimum Gasteiger partial charge on any atom is -0.497 e. The summed E-state index contributed by atoms with van der Waals surface area (Å²) in [5.74, 6) is -2.88. The van der Waals surface area contributed by atoms with E-state index in [0.717, 1.165) is 23.4 Å². The summed E-state index contributed by atoms with van der Waals surface area (Å²) in [5, 5.41) is 21.0. The zero-order valence-electron chi connectivity index (χ0n) is 14.0. The average Bonchev–Trinajstić information content (AvgIpc) is 2.62. The van der Waals surface area contributed by atoms with Crippen LogP contribution in [0.25, 0.3) is 0 Å². The molecule has 9 heteroatoms. The number of carboxylic acids is 2. The van der Waals surface area contributed by atoms with Crippen molar-refractivity contribution in [1.82, 2.24) is 0 Å². The lowest BCUT2D eigenvalue weighted by atomic mass is 10.2. The van der Waals surface area contributed by atoms with Crippen molar-refractivity contribution in [3.05, 3.63) is 69.5 Å². The Hall–Kier alpha value is -2.71. The van der Waals surface area contributed by atoms with Crippen LogP contribution in [0.3, 0.4) is 0 Å². The van der Waals surface area contributed by atoms with E-state index in [0.29, 0.717) is 11.5 Å². The molecule has 0 atom stereocenters. The van der Waals surface area contributed by atoms with E-state index in [4.69, 9.17) is 16.3 Å². The van der Waals surface area contributed by atoms with Gasteiger partial charge in [0.25, 0.3) is 0 Å². The van der Waals surface area contributed by atoms with Gasteiger partial charge in [0, 0.05) is 11.4 Å². The number of carboxylic acid groups (broad SMARTS) is 2. The highest BCUT2D eigenvalue weighted by atomic mass is 35.5. The SMILES string of the molecule is COc1ccc(CSC(Nc2ccc(F)c(Cl)c2)=C(C(=O)O)C(=O)O)cc1. The van der Waals surface area contributed by atoms with Crippen molar-refractivity contribution in [3.8, 4) is 5.75 Å². The van der Waals surface area contributed by atoms with Gasteiger partial charge >= 0.3 is 11.9 Å². The van der Waals surface area contributed by atoms with Gasteiger partial charge in [-0.25, -0.2) is 14.0 Å². The summed E-state index contributed by atoms with van der Waals surface area (Å²) in [6.45, 7) is 0. The Kier molecular flexibility index (Phi) is 7.09. The van der Waals surface area contributed by atoms with Crippen molar-refractivity contribution < 1.29 is 28.9 Å². The number of ether oxygens (including phenoxy) is 1. The molecule has 0 aliphatic carbocycles. The minimum atomic E-state index is -1.60. The van der Waals surface area contributed by atoms with Crippen LogP contribution in [-0.4, -0.2) is 29.3 Å². The minimum absolute atomic E-state index is 0.103. The van der Waals surface area contributed by atoms with Gasteiger partial charge in [0.05, 0.1) is 17.2 Å². The van der Waals surface area contributed by atoms with Crippen LogP contribution in [0.4, 0.5) is 10.1 Å². The summed E-state index contributed by atoms with van der Waals surface area (Å²) in [7, 11) is 1.54. The highest BCUT2D eigenvalue weighted by molar-refractivity contribution is 8.02. The van der Waals surface area contributed by atoms with Crippen molar-refractivity contribution in [2.24, 2.45) is 0 Å². The van der Waals surface area contributed by atoms with E-state index in [1.807, 2.05) is 0 Å². The fourth-order valence-corrected chi connectivity index (χ4v) is 3.23. The number of hydrogen-bond donors (Lipinski definition) is 3. The van der Waals surface area contributed by atoms with Gasteiger partial charge in [-0.3, -0.25) is 0 Å². The second kappa shape index (κ2) is 9.29. The summed E-state index contributed by atoms with van der Waals surface area (Å²) in [6.07, 6.45) is 0. The maximum absolute atomic E-state index is 13.3. The molecule has 3 N–H and O–H groups in total. The average molecular weight is 412 g/mol. The van der Waals surface area contributed by atoms with E-state index >= 15 is 0 Å². The molecule has 0 amide bonds. The summed E-state index contributed by atoms with van der Waals surface area (Å²) >= 11 is 6.71. The summed E-state index contributed by atoms with van der Waals surface area (Å²) in [6, 6.07) is 10.7. The molecular formula is C18H15ClFNO5S. The first kappa shape index (κ1) is 20.6. The number of nitrogens with one attached hydrogen (secondary N) is 1. The Morgan fingerprint density at radius 2 is 1.78 bits per heavy atom. The normalized spacial score (nSPS) is 10.2. The van der Waals surface area contributed by atoms with Crippen molar-refractivity contribution >= 4 is 41.0 Å². The lowest BCUT2D eigenvalue weighted by Gasteiger charge is -2.13. The van der Waals surface area contributed by atoms with Crippen molar-refractivity contribution in [2.75, 3.05) is 12.4 Å². The van der Waals surface area contributed by atoms with Gasteiger partial charge in [-0.2, -0.15) is 0 Å². The standard InChI is InChI=1S/C18H15ClFNO5S/c1-26-12-5-2-10(3-6-12)9-27-16(15(17(22)23)18(24)25)21-11-4-7-14(20)13(19)8-11/h2-8,21H,9H2,1H3,(H,22,23)(H,24,25). The molecule has 2 aromatic carbocycles. The number of rotatable bonds is 8. The number of methoxy groups -OCH3 is 1. The van der Waals surface area contributed by atoms with Crippen molar-refractivity contribution in [2.45, 2.75) is 5.75 Å². The van der Waals surface area contributed by atoms with Crippen molar-refractivity contribution in [1.29, 1.82) is 0 Å². The molecule has 0 saturated carbocycles. The molecule has 0 radical (unpaired) electrons. The number of anilines is 1. The summed E-state index contributed by atoms with van der Waals surface area (Å²) in [4.78, 5) is 22.8. The Bertz CT molecular complexity index is 870. The molecule has 0 bridgehead atoms. The molecule has 0 spiro atoms. The molecule has 0 aromatic heterocycles. The fourth-order valence-electron chi connectivity index (χ4n) is 2.04. The first-order chi connectivity index (χ1) is 12.8. The molecule has 142 valence electrons. The highest BCUT2D eigenvalue weighted by Gasteiger charge is 2.23. The van der Waals surface area contributed by atoms with Crippen LogP contribution in [0.1, 0.15) is 5.56 Å². The number of carbonyl (C=O) groups is 2. The second-order valence-electron chi connectivity index (χ2n) is 5.21. The lowest BCUT2D eigenvalue weighted by Crippen LogP contribution is -2.17. The number of aliphatic carboxylic acids is 2. The third-order valence-electron chi connectivity index (χ3n) is 3.37. The molecule has 0 saturated heterocycles. The Balaban J connectivity index is 2.31. The number of hydrogen-bond acceptors (Lipinski definition) is 5. The van der Waals surface area contributed by atoms with Gasteiger partial charge in [0.1, 0.15) is 11.6 Å². The van der Waals surface area contributed by atoms with Crippen LogP contribution < -0.4 is 10.1 Å². The van der Waals surface area contributed by atoms with Crippen molar-refractivity contribution in [3.63, 3.8) is 0 Å². The van der Waals surface area contributed by atoms with E-state index < -0.39 is 23.3 Å². The topological polar surface area (TPSA) is 95.9 Å². The monoisotopic (exact) mass is 411 g/mol. The quantitative estimate of drug-likeness (QED) is 0.340. The molecular weight excluding hydrogens is 397 g/mol. The Morgan fingerprint density at radius 1 is 1.15 bits per heavy atom. The molecule has 0 aliphatic heterocycles. The number of benzene rings is 2. The van der Waals surface area contributed by atoms with E-state index in [2.05, 4.69) is 5.32 Å². The summed E-state index contributed by atoms with van der Waals surface area (Å²) in [5.41, 5.74) is 0.264. The van der Waals surface area contributed by atoms with Gasteiger partial charge in [-0.05, 0) is 35.9 Å². The first-order valence-electron chi connectivity index (χ1n) is 7.50. The summed E-state index contributed by atoms with van der Waals surface area (Å²) < 4.78 is 18.4. The Labute approximate surface area is 163 Å². The fraction of sp³-hybridized carbons (Fsp3) is 0.111. The third kappa shape index (κ3) is 5.63. The second-order valence-corrected chi connectivity index (χ2v) is 6.60. The van der Waals surface area contributed by atoms with E-state index in [-0.39, 0.29) is 15.7 Å². The van der Waals surface area contributed by atoms with E-state index in [9.17, 15) is 24.2 Å². The van der Waals surface area contributed by atoms with Gasteiger partial charge in [0.2, 0.25) is 0 Å². The van der Waals surface area contributed by atoms with Gasteiger partial charge < -0.3 is 20.3 Å². The van der Waals surface area contributed by atoms with Gasteiger partial charge in [0.15, 0.2) is 5.57 Å². The number of thioether (sulfide) groups is 1. The van der Waals surface area contributed by atoms with Crippen LogP contribution in [0.15, 0.2) is 53.1 Å². The van der Waals surface area contributed by atoms with Crippen LogP contribution >= 0.6 is 23.4 Å². The highest BCUT2D eigenvalue weighted by Crippen LogP contribution is 2.29. The molecule has 0 fully saturated rings. The molecule has 0 aliphatic rings. The zero-order valence-corrected chi connectivity index (χ0v) is 15.6. The predicted molar refractivity (Wildman–Crippen MR) is 102 cm³/mol. The smallest absolute Gasteiger partial charge is 0.345 e. The van der Waals surface area contributed by atoms with Gasteiger partial charge in [-0.15, -0.1) is 11.8 Å². The van der Waals surface area contributed by atoms with Gasteiger partial charge in [-0.1, -0.05) is 23.7 Å². The third-order valence-corrected chi connectivity index (χ3v) is 4.74. The number of halogens is 2. The first-order valence-corrected chi connectivity index (χ1v) is 8.87. The molecule has 27 heavy (non-hydrogen) atoms. The van der Waals surface area contributed by atoms with E-state index in [1.54, 1.807) is 24.3 Å².